The molecule has 0 saturated heterocycles. The van der Waals surface area contributed by atoms with Crippen molar-refractivity contribution in [1.82, 2.24) is 0 Å². The van der Waals surface area contributed by atoms with Gasteiger partial charge in [0.15, 0.2) is 11.6 Å². The summed E-state index contributed by atoms with van der Waals surface area (Å²) in [5.74, 6) is -3.66. The van der Waals surface area contributed by atoms with Gasteiger partial charge in [0.1, 0.15) is 5.82 Å². The van der Waals surface area contributed by atoms with Crippen molar-refractivity contribution in [1.29, 1.82) is 0 Å². The molecule has 7 heteroatoms. The van der Waals surface area contributed by atoms with Crippen LogP contribution < -0.4 is 11.1 Å². The average Bonchev–Trinajstić information content (AvgIpc) is 2.38. The Hall–Kier alpha value is -2.02. The van der Waals surface area contributed by atoms with Crippen LogP contribution in [0.25, 0.3) is 0 Å². The highest BCUT2D eigenvalue weighted by Gasteiger charge is 2.15. The van der Waals surface area contributed by atoms with Gasteiger partial charge in [-0.15, -0.1) is 0 Å². The Morgan fingerprint density at radius 3 is 2.45 bits per heavy atom. The van der Waals surface area contributed by atoms with Crippen molar-refractivity contribution in [2.24, 2.45) is 0 Å². The third-order valence-electron chi connectivity index (χ3n) is 2.51. The first-order chi connectivity index (χ1) is 9.38. The fourth-order valence-corrected chi connectivity index (χ4v) is 1.89. The Kier molecular flexibility index (Phi) is 3.99. The molecule has 0 saturated carbocycles. The van der Waals surface area contributed by atoms with Gasteiger partial charge in [-0.2, -0.15) is 0 Å². The van der Waals surface area contributed by atoms with Gasteiger partial charge in [0, 0.05) is 16.2 Å². The number of amides is 1. The highest BCUT2D eigenvalue weighted by atomic mass is 79.9. The second-order valence-electron chi connectivity index (χ2n) is 3.93. The van der Waals surface area contributed by atoms with Crippen molar-refractivity contribution in [3.63, 3.8) is 0 Å². The molecular formula is C13H8BrF3N2O. The molecule has 2 aromatic rings. The van der Waals surface area contributed by atoms with Crippen LogP contribution in [0.1, 0.15) is 10.4 Å². The van der Waals surface area contributed by atoms with E-state index in [9.17, 15) is 18.0 Å². The van der Waals surface area contributed by atoms with Crippen LogP contribution in [0.5, 0.6) is 0 Å². The fourth-order valence-electron chi connectivity index (χ4n) is 1.54. The highest BCUT2D eigenvalue weighted by molar-refractivity contribution is 9.10. The zero-order valence-corrected chi connectivity index (χ0v) is 11.5. The molecule has 0 aliphatic heterocycles. The van der Waals surface area contributed by atoms with Crippen LogP contribution in [0, 0.1) is 17.5 Å². The second kappa shape index (κ2) is 5.54. The van der Waals surface area contributed by atoms with Crippen molar-refractivity contribution in [2.45, 2.75) is 0 Å². The van der Waals surface area contributed by atoms with E-state index in [1.54, 1.807) is 0 Å². The van der Waals surface area contributed by atoms with E-state index in [4.69, 9.17) is 5.73 Å². The zero-order valence-electron chi connectivity index (χ0n) is 9.88. The standard InChI is InChI=1S/C13H8BrF3N2O/c14-8-2-1-6(15)3-12(8)19-13(20)7-4-9(16)10(17)5-11(7)18/h1-5H,18H2,(H,19,20). The van der Waals surface area contributed by atoms with E-state index in [1.165, 1.54) is 12.1 Å². The lowest BCUT2D eigenvalue weighted by molar-refractivity contribution is 0.102. The van der Waals surface area contributed by atoms with Gasteiger partial charge in [-0.1, -0.05) is 0 Å². The molecule has 104 valence electrons. The number of halogens is 4. The molecule has 0 heterocycles. The second-order valence-corrected chi connectivity index (χ2v) is 4.79. The van der Waals surface area contributed by atoms with E-state index >= 15 is 0 Å². The number of anilines is 2. The van der Waals surface area contributed by atoms with Gasteiger partial charge < -0.3 is 11.1 Å². The Balaban J connectivity index is 2.33. The van der Waals surface area contributed by atoms with Crippen LogP contribution in [-0.4, -0.2) is 5.91 Å². The lowest BCUT2D eigenvalue weighted by Gasteiger charge is -2.09. The van der Waals surface area contributed by atoms with Crippen LogP contribution >= 0.6 is 15.9 Å². The molecule has 0 spiro atoms. The number of nitrogens with one attached hydrogen (secondary N) is 1. The number of hydrogen-bond donors (Lipinski definition) is 2. The molecule has 3 N–H and O–H groups in total. The average molecular weight is 345 g/mol. The van der Waals surface area contributed by atoms with Crippen LogP contribution in [0.15, 0.2) is 34.8 Å². The van der Waals surface area contributed by atoms with Crippen molar-refractivity contribution in [3.05, 3.63) is 57.8 Å². The van der Waals surface area contributed by atoms with Crippen molar-refractivity contribution in [3.8, 4) is 0 Å². The molecule has 1 amide bonds. The highest BCUT2D eigenvalue weighted by Crippen LogP contribution is 2.25. The molecule has 3 nitrogen and oxygen atoms in total. The molecule has 0 aliphatic carbocycles. The molecule has 0 fully saturated rings. The predicted octanol–water partition coefficient (Wildman–Crippen LogP) is 3.70. The lowest BCUT2D eigenvalue weighted by atomic mass is 10.1. The minimum atomic E-state index is -1.19. The van der Waals surface area contributed by atoms with Gasteiger partial charge in [-0.3, -0.25) is 4.79 Å². The van der Waals surface area contributed by atoms with Crippen molar-refractivity contribution < 1.29 is 18.0 Å². The maximum atomic E-state index is 13.1. The Bertz CT molecular complexity index is 692. The number of carbonyl (C=O) groups is 1. The van der Waals surface area contributed by atoms with Gasteiger partial charge in [0.05, 0.1) is 11.3 Å². The number of carbonyl (C=O) groups excluding carboxylic acids is 1. The molecule has 0 aliphatic rings. The molecule has 2 rings (SSSR count). The van der Waals surface area contributed by atoms with Gasteiger partial charge in [0.25, 0.3) is 5.91 Å². The molecule has 0 unspecified atom stereocenters. The molecule has 0 atom stereocenters. The van der Waals surface area contributed by atoms with Gasteiger partial charge in [-0.05, 0) is 40.2 Å². The van der Waals surface area contributed by atoms with Gasteiger partial charge >= 0.3 is 0 Å². The van der Waals surface area contributed by atoms with Crippen LogP contribution in [-0.2, 0) is 0 Å². The Morgan fingerprint density at radius 1 is 1.10 bits per heavy atom. The number of hydrogen-bond acceptors (Lipinski definition) is 2. The van der Waals surface area contributed by atoms with Gasteiger partial charge in [-0.25, -0.2) is 13.2 Å². The summed E-state index contributed by atoms with van der Waals surface area (Å²) in [5.41, 5.74) is 5.16. The maximum absolute atomic E-state index is 13.1. The minimum Gasteiger partial charge on any atom is -0.398 e. The molecular weight excluding hydrogens is 337 g/mol. The van der Waals surface area contributed by atoms with E-state index in [1.807, 2.05) is 0 Å². The van der Waals surface area contributed by atoms with Crippen LogP contribution in [0.3, 0.4) is 0 Å². The Labute approximate surface area is 120 Å². The summed E-state index contributed by atoms with van der Waals surface area (Å²) >= 11 is 3.13. The molecule has 0 aromatic heterocycles. The number of benzene rings is 2. The monoisotopic (exact) mass is 344 g/mol. The van der Waals surface area contributed by atoms with Crippen LogP contribution in [0.2, 0.25) is 0 Å². The molecule has 20 heavy (non-hydrogen) atoms. The third-order valence-corrected chi connectivity index (χ3v) is 3.21. The van der Waals surface area contributed by atoms with Crippen LogP contribution in [0.4, 0.5) is 24.5 Å². The molecule has 0 radical (unpaired) electrons. The zero-order chi connectivity index (χ0) is 14.9. The first-order valence-electron chi connectivity index (χ1n) is 5.39. The summed E-state index contributed by atoms with van der Waals surface area (Å²) in [4.78, 5) is 11.9. The normalized spacial score (nSPS) is 10.4. The summed E-state index contributed by atoms with van der Waals surface area (Å²) in [6, 6.07) is 5.08. The summed E-state index contributed by atoms with van der Waals surface area (Å²) in [5, 5.41) is 2.36. The van der Waals surface area contributed by atoms with Gasteiger partial charge in [0.2, 0.25) is 0 Å². The Morgan fingerprint density at radius 2 is 1.75 bits per heavy atom. The number of nitrogen functional groups attached to an aromatic ring is 1. The summed E-state index contributed by atoms with van der Waals surface area (Å²) in [7, 11) is 0. The van der Waals surface area contributed by atoms with E-state index in [2.05, 4.69) is 21.2 Å². The third kappa shape index (κ3) is 2.93. The lowest BCUT2D eigenvalue weighted by Crippen LogP contribution is -2.15. The van der Waals surface area contributed by atoms with E-state index in [0.717, 1.165) is 6.07 Å². The number of nitrogens with two attached hydrogens (primary N) is 1. The van der Waals surface area contributed by atoms with E-state index in [0.29, 0.717) is 16.6 Å². The largest absolute Gasteiger partial charge is 0.398 e. The number of rotatable bonds is 2. The van der Waals surface area contributed by atoms with Crippen molar-refractivity contribution in [2.75, 3.05) is 11.1 Å². The predicted molar refractivity (Wildman–Crippen MR) is 72.8 cm³/mol. The van der Waals surface area contributed by atoms with E-state index < -0.39 is 23.4 Å². The smallest absolute Gasteiger partial charge is 0.257 e. The first-order valence-corrected chi connectivity index (χ1v) is 6.18. The minimum absolute atomic E-state index is 0.152. The SMILES string of the molecule is Nc1cc(F)c(F)cc1C(=O)Nc1cc(F)ccc1Br. The maximum Gasteiger partial charge on any atom is 0.257 e. The molecule has 0 bridgehead atoms. The topological polar surface area (TPSA) is 55.1 Å². The quantitative estimate of drug-likeness (QED) is 0.816. The summed E-state index contributed by atoms with van der Waals surface area (Å²) < 4.78 is 39.6. The summed E-state index contributed by atoms with van der Waals surface area (Å²) in [6.45, 7) is 0. The van der Waals surface area contributed by atoms with Crippen molar-refractivity contribution >= 4 is 33.2 Å². The first kappa shape index (κ1) is 14.4. The van der Waals surface area contributed by atoms with E-state index in [-0.39, 0.29) is 16.9 Å². The molecule has 2 aromatic carbocycles. The summed E-state index contributed by atoms with van der Waals surface area (Å²) in [6.07, 6.45) is 0. The fraction of sp³-hybridized carbons (Fsp3) is 0.